The van der Waals surface area contributed by atoms with Crippen molar-refractivity contribution < 1.29 is 5.11 Å². The summed E-state index contributed by atoms with van der Waals surface area (Å²) in [5, 5.41) is 20.4. The molecular formula is C26H21N3O. The number of phenols is 1. The molecule has 1 heterocycles. The molecule has 5 rings (SSSR count). The molecule has 0 aliphatic rings. The Bertz CT molecular complexity index is 1320. The normalized spacial score (nSPS) is 11.1. The summed E-state index contributed by atoms with van der Waals surface area (Å²) in [6, 6.07) is 28.2. The zero-order chi connectivity index (χ0) is 20.7. The number of nitrogens with zero attached hydrogens (tertiary/aromatic N) is 3. The van der Waals surface area contributed by atoms with Crippen molar-refractivity contribution in [3.05, 3.63) is 96.1 Å². The van der Waals surface area contributed by atoms with Gasteiger partial charge in [-0.3, -0.25) is 0 Å². The van der Waals surface area contributed by atoms with Gasteiger partial charge >= 0.3 is 0 Å². The van der Waals surface area contributed by atoms with E-state index >= 15 is 0 Å². The van der Waals surface area contributed by atoms with Gasteiger partial charge in [-0.1, -0.05) is 71.8 Å². The molecule has 0 amide bonds. The minimum atomic E-state index is 0.162. The van der Waals surface area contributed by atoms with Crippen LogP contribution in [-0.2, 0) is 0 Å². The number of aromatic nitrogens is 3. The van der Waals surface area contributed by atoms with Crippen LogP contribution in [0.5, 0.6) is 5.75 Å². The van der Waals surface area contributed by atoms with Crippen LogP contribution in [0, 0.1) is 13.8 Å². The molecule has 0 atom stereocenters. The Balaban J connectivity index is 1.76. The highest BCUT2D eigenvalue weighted by Gasteiger charge is 2.16. The lowest BCUT2D eigenvalue weighted by atomic mass is 9.96. The third-order valence-corrected chi connectivity index (χ3v) is 5.34. The first-order valence-electron chi connectivity index (χ1n) is 9.92. The molecule has 4 heteroatoms. The number of hydrogen-bond donors (Lipinski definition) is 1. The zero-order valence-corrected chi connectivity index (χ0v) is 16.9. The van der Waals surface area contributed by atoms with Crippen LogP contribution in [0.3, 0.4) is 0 Å². The van der Waals surface area contributed by atoms with Gasteiger partial charge in [0, 0.05) is 5.56 Å². The minimum Gasteiger partial charge on any atom is -0.505 e. The Morgan fingerprint density at radius 2 is 1.17 bits per heavy atom. The van der Waals surface area contributed by atoms with Gasteiger partial charge in [-0.05, 0) is 54.8 Å². The summed E-state index contributed by atoms with van der Waals surface area (Å²) < 4.78 is 0. The fraction of sp³-hybridized carbons (Fsp3) is 0.0769. The van der Waals surface area contributed by atoms with Crippen LogP contribution in [0.4, 0.5) is 0 Å². The van der Waals surface area contributed by atoms with E-state index in [0.717, 1.165) is 33.3 Å². The summed E-state index contributed by atoms with van der Waals surface area (Å²) in [5.74, 6) is 0.162. The highest BCUT2D eigenvalue weighted by Crippen LogP contribution is 2.38. The molecule has 0 fully saturated rings. The van der Waals surface area contributed by atoms with Crippen LogP contribution in [0.1, 0.15) is 11.1 Å². The lowest BCUT2D eigenvalue weighted by Gasteiger charge is -2.13. The maximum Gasteiger partial charge on any atom is 0.150 e. The molecule has 0 saturated carbocycles. The summed E-state index contributed by atoms with van der Waals surface area (Å²) >= 11 is 0. The van der Waals surface area contributed by atoms with Gasteiger partial charge in [-0.25, -0.2) is 0 Å². The standard InChI is InChI=1S/C26H21N3O/c1-17-7-11-19(12-8-17)21-15-22(20-13-9-18(2)10-14-20)26(30)25(16-21)29-27-23-5-3-4-6-24(23)28-29/h3-16,30H,1-2H3. The quantitative estimate of drug-likeness (QED) is 0.406. The molecule has 1 aromatic heterocycles. The van der Waals surface area contributed by atoms with E-state index in [-0.39, 0.29) is 5.75 Å². The van der Waals surface area contributed by atoms with Gasteiger partial charge in [0.15, 0.2) is 5.75 Å². The second kappa shape index (κ2) is 7.16. The molecule has 0 aliphatic heterocycles. The molecule has 0 radical (unpaired) electrons. The van der Waals surface area contributed by atoms with Crippen molar-refractivity contribution in [2.45, 2.75) is 13.8 Å². The Labute approximate surface area is 175 Å². The monoisotopic (exact) mass is 391 g/mol. The van der Waals surface area contributed by atoms with E-state index in [1.165, 1.54) is 15.9 Å². The molecule has 30 heavy (non-hydrogen) atoms. The Morgan fingerprint density at radius 3 is 1.73 bits per heavy atom. The maximum atomic E-state index is 11.2. The molecule has 4 nitrogen and oxygen atoms in total. The van der Waals surface area contributed by atoms with E-state index < -0.39 is 0 Å². The second-order valence-electron chi connectivity index (χ2n) is 7.60. The van der Waals surface area contributed by atoms with Crippen LogP contribution >= 0.6 is 0 Å². The lowest BCUT2D eigenvalue weighted by Crippen LogP contribution is -2.01. The summed E-state index contributed by atoms with van der Waals surface area (Å²) in [4.78, 5) is 1.52. The minimum absolute atomic E-state index is 0.162. The molecule has 5 aromatic rings. The van der Waals surface area contributed by atoms with E-state index in [0.29, 0.717) is 5.69 Å². The van der Waals surface area contributed by atoms with E-state index in [2.05, 4.69) is 48.3 Å². The zero-order valence-electron chi connectivity index (χ0n) is 16.9. The van der Waals surface area contributed by atoms with Gasteiger partial charge < -0.3 is 5.11 Å². The molecular weight excluding hydrogens is 370 g/mol. The van der Waals surface area contributed by atoms with Crippen molar-refractivity contribution >= 4 is 11.0 Å². The SMILES string of the molecule is Cc1ccc(-c2cc(-c3ccc(C)cc3)c(O)c(-n3nc4ccccc4n3)c2)cc1. The first-order valence-corrected chi connectivity index (χ1v) is 9.92. The molecule has 1 N–H and O–H groups in total. The number of aryl methyl sites for hydroxylation is 2. The van der Waals surface area contributed by atoms with Crippen molar-refractivity contribution in [2.24, 2.45) is 0 Å². The van der Waals surface area contributed by atoms with E-state index in [9.17, 15) is 5.11 Å². The summed E-state index contributed by atoms with van der Waals surface area (Å²) in [6.45, 7) is 4.12. The predicted molar refractivity (Wildman–Crippen MR) is 121 cm³/mol. The van der Waals surface area contributed by atoms with Crippen molar-refractivity contribution in [1.29, 1.82) is 0 Å². The molecule has 4 aromatic carbocycles. The number of fused-ring (bicyclic) bond motifs is 1. The molecule has 0 spiro atoms. The van der Waals surface area contributed by atoms with Crippen LogP contribution in [0.2, 0.25) is 0 Å². The van der Waals surface area contributed by atoms with Crippen LogP contribution < -0.4 is 0 Å². The van der Waals surface area contributed by atoms with Gasteiger partial charge in [0.2, 0.25) is 0 Å². The van der Waals surface area contributed by atoms with Gasteiger partial charge in [-0.2, -0.15) is 0 Å². The fourth-order valence-corrected chi connectivity index (χ4v) is 3.60. The molecule has 0 unspecified atom stereocenters. The number of hydrogen-bond acceptors (Lipinski definition) is 3. The number of phenolic OH excluding ortho intramolecular Hbond substituents is 1. The maximum absolute atomic E-state index is 11.2. The molecule has 0 aliphatic carbocycles. The van der Waals surface area contributed by atoms with Crippen molar-refractivity contribution in [1.82, 2.24) is 15.0 Å². The molecule has 146 valence electrons. The third-order valence-electron chi connectivity index (χ3n) is 5.34. The fourth-order valence-electron chi connectivity index (χ4n) is 3.60. The smallest absolute Gasteiger partial charge is 0.150 e. The van der Waals surface area contributed by atoms with Crippen LogP contribution in [0.15, 0.2) is 84.9 Å². The van der Waals surface area contributed by atoms with E-state index in [1.54, 1.807) is 0 Å². The van der Waals surface area contributed by atoms with Gasteiger partial charge in [0.25, 0.3) is 0 Å². The van der Waals surface area contributed by atoms with Gasteiger partial charge in [-0.15, -0.1) is 15.0 Å². The first kappa shape index (κ1) is 18.1. The van der Waals surface area contributed by atoms with Crippen LogP contribution in [-0.4, -0.2) is 20.1 Å². The average Bonchev–Trinajstić information content (AvgIpc) is 3.19. The van der Waals surface area contributed by atoms with Crippen molar-refractivity contribution in [2.75, 3.05) is 0 Å². The molecule has 0 saturated heterocycles. The second-order valence-corrected chi connectivity index (χ2v) is 7.60. The van der Waals surface area contributed by atoms with Gasteiger partial charge in [0.05, 0.1) is 0 Å². The lowest BCUT2D eigenvalue weighted by molar-refractivity contribution is 0.470. The number of rotatable bonds is 3. The van der Waals surface area contributed by atoms with Crippen molar-refractivity contribution in [3.63, 3.8) is 0 Å². The summed E-state index contributed by atoms with van der Waals surface area (Å²) in [6.07, 6.45) is 0. The Hall–Kier alpha value is -3.92. The van der Waals surface area contributed by atoms with Crippen LogP contribution in [0.25, 0.3) is 39.0 Å². The third kappa shape index (κ3) is 3.22. The highest BCUT2D eigenvalue weighted by atomic mass is 16.3. The Morgan fingerprint density at radius 1 is 0.633 bits per heavy atom. The topological polar surface area (TPSA) is 50.9 Å². The molecule has 0 bridgehead atoms. The largest absolute Gasteiger partial charge is 0.505 e. The summed E-state index contributed by atoms with van der Waals surface area (Å²) in [5.41, 5.74) is 8.29. The number of aromatic hydroxyl groups is 1. The van der Waals surface area contributed by atoms with Crippen molar-refractivity contribution in [3.8, 4) is 33.7 Å². The van der Waals surface area contributed by atoms with Gasteiger partial charge in [0.1, 0.15) is 16.7 Å². The highest BCUT2D eigenvalue weighted by molar-refractivity contribution is 5.82. The average molecular weight is 391 g/mol. The first-order chi connectivity index (χ1) is 14.6. The number of benzene rings is 4. The predicted octanol–water partition coefficient (Wildman–Crippen LogP) is 6.08. The summed E-state index contributed by atoms with van der Waals surface area (Å²) in [7, 11) is 0. The Kier molecular flexibility index (Phi) is 4.32. The van der Waals surface area contributed by atoms with E-state index in [4.69, 9.17) is 0 Å². The van der Waals surface area contributed by atoms with E-state index in [1.807, 2.05) is 60.7 Å².